The molecule has 7 rings (SSSR count). The Kier molecular flexibility index (Phi) is 8.54. The average molecular weight is 682 g/mol. The van der Waals surface area contributed by atoms with Crippen LogP contribution in [-0.2, 0) is 28.4 Å². The fraction of sp³-hybridized carbons (Fsp3) is 0.571. The van der Waals surface area contributed by atoms with Gasteiger partial charge in [0.1, 0.15) is 5.75 Å². The Balaban J connectivity index is 1.31. The molecule has 2 bridgehead atoms. The molecule has 0 saturated heterocycles. The number of hydrogen-bond donors (Lipinski definition) is 2. The first-order chi connectivity index (χ1) is 22.5. The van der Waals surface area contributed by atoms with E-state index in [0.29, 0.717) is 51.3 Å². The lowest BCUT2D eigenvalue weighted by Crippen LogP contribution is -2.54. The molecule has 0 unspecified atom stereocenters. The van der Waals surface area contributed by atoms with Gasteiger partial charge in [-0.2, -0.15) is 0 Å². The van der Waals surface area contributed by atoms with Crippen LogP contribution in [0.5, 0.6) is 5.75 Å². The Morgan fingerprint density at radius 2 is 1.96 bits per heavy atom. The second-order valence-electron chi connectivity index (χ2n) is 14.5. The molecule has 2 aromatic carbocycles. The van der Waals surface area contributed by atoms with Gasteiger partial charge in [0.25, 0.3) is 5.91 Å². The Labute approximate surface area is 281 Å². The number of carbonyl (C=O) groups excluding carboxylic acids is 1. The number of ether oxygens (including phenoxy) is 1. The lowest BCUT2D eigenvalue weighted by molar-refractivity contribution is -0.101. The molecule has 1 aromatic heterocycles. The van der Waals surface area contributed by atoms with Crippen LogP contribution in [0.1, 0.15) is 80.3 Å². The SMILES string of the molecule is C[C@@H]1[C@@H](C)CCC[C@@](O)(Cn2ccnn2)[C@@H]2CC[C@H]2CN2C[C@@]3(CCCc4cc(Cl)ccc43)COc3ccc(cc32)C(=O)NS1(=O)=O. The smallest absolute Gasteiger partial charge is 0.264 e. The molecule has 4 aliphatic rings. The quantitative estimate of drug-likeness (QED) is 0.381. The van der Waals surface area contributed by atoms with E-state index < -0.39 is 26.8 Å². The maximum absolute atomic E-state index is 13.5. The topological polar surface area (TPSA) is 127 Å². The van der Waals surface area contributed by atoms with Gasteiger partial charge in [-0.05, 0) is 111 Å². The Hall–Kier alpha value is -3.15. The normalized spacial score (nSPS) is 32.3. The summed E-state index contributed by atoms with van der Waals surface area (Å²) in [5.74, 6) is 0.0188. The summed E-state index contributed by atoms with van der Waals surface area (Å²) < 4.78 is 37.5. The van der Waals surface area contributed by atoms with Crippen molar-refractivity contribution >= 4 is 33.2 Å². The van der Waals surface area contributed by atoms with Gasteiger partial charge in [0, 0.05) is 35.3 Å². The van der Waals surface area contributed by atoms with Gasteiger partial charge < -0.3 is 14.7 Å². The van der Waals surface area contributed by atoms with Gasteiger partial charge in [-0.25, -0.2) is 17.8 Å². The summed E-state index contributed by atoms with van der Waals surface area (Å²) >= 11 is 6.44. The van der Waals surface area contributed by atoms with Crippen molar-refractivity contribution in [2.75, 3.05) is 24.6 Å². The first kappa shape index (κ1) is 32.4. The van der Waals surface area contributed by atoms with Crippen LogP contribution in [0.4, 0.5) is 5.69 Å². The van der Waals surface area contributed by atoms with Crippen LogP contribution in [0, 0.1) is 17.8 Å². The molecule has 1 fully saturated rings. The number of nitrogens with one attached hydrogen (secondary N) is 1. The van der Waals surface area contributed by atoms with Crippen LogP contribution in [0.15, 0.2) is 48.8 Å². The summed E-state index contributed by atoms with van der Waals surface area (Å²) in [6, 6.07) is 11.4. The number of fused-ring (bicyclic) bond motifs is 4. The van der Waals surface area contributed by atoms with Crippen molar-refractivity contribution in [3.63, 3.8) is 0 Å². The number of benzene rings is 2. The third-order valence-electron chi connectivity index (χ3n) is 11.6. The van der Waals surface area contributed by atoms with Crippen molar-refractivity contribution in [2.45, 2.75) is 88.0 Å². The number of aromatic nitrogens is 3. The number of aryl methyl sites for hydroxylation is 1. The fourth-order valence-electron chi connectivity index (χ4n) is 8.56. The minimum absolute atomic E-state index is 0.0172. The highest BCUT2D eigenvalue weighted by Crippen LogP contribution is 2.49. The zero-order chi connectivity index (χ0) is 33.0. The minimum Gasteiger partial charge on any atom is -0.490 e. The first-order valence-electron chi connectivity index (χ1n) is 16.9. The number of anilines is 1. The zero-order valence-corrected chi connectivity index (χ0v) is 28.6. The highest BCUT2D eigenvalue weighted by Gasteiger charge is 2.49. The van der Waals surface area contributed by atoms with E-state index in [-0.39, 0.29) is 28.7 Å². The monoisotopic (exact) mass is 681 g/mol. The third kappa shape index (κ3) is 6.15. The third-order valence-corrected chi connectivity index (χ3v) is 13.7. The van der Waals surface area contributed by atoms with E-state index in [1.54, 1.807) is 42.2 Å². The maximum atomic E-state index is 13.5. The Bertz CT molecular complexity index is 1750. The second-order valence-corrected chi connectivity index (χ2v) is 17.0. The van der Waals surface area contributed by atoms with E-state index in [9.17, 15) is 18.3 Å². The van der Waals surface area contributed by atoms with Gasteiger partial charge in [-0.15, -0.1) is 5.10 Å². The number of halogens is 1. The highest BCUT2D eigenvalue weighted by molar-refractivity contribution is 7.90. The van der Waals surface area contributed by atoms with E-state index in [2.05, 4.69) is 32.1 Å². The van der Waals surface area contributed by atoms with Gasteiger partial charge in [-0.1, -0.05) is 36.2 Å². The number of carbonyl (C=O) groups is 1. The van der Waals surface area contributed by atoms with Gasteiger partial charge in [0.05, 0.1) is 35.9 Å². The standard InChI is InChI=1S/C35H44ClN5O5S/c1-23-5-3-14-35(43,21-41-16-15-37-39-41)30-10-7-27(30)19-40-20-34(13-4-6-25-17-28(36)9-11-29(25)34)22-46-32-12-8-26(18-31(32)40)33(42)38-47(44,45)24(23)2/h8-9,11-12,15-18,23-24,27,30,43H,3-7,10,13-14,19-22H2,1-2H3,(H,38,42)/t23-,24+,27-,30+,34-,35+/m0/s1. The predicted octanol–water partition coefficient (Wildman–Crippen LogP) is 5.13. The lowest BCUT2D eigenvalue weighted by atomic mass is 9.62. The number of amides is 1. The van der Waals surface area contributed by atoms with Crippen molar-refractivity contribution in [1.82, 2.24) is 19.7 Å². The molecule has 6 atom stereocenters. The molecule has 1 amide bonds. The van der Waals surface area contributed by atoms with Gasteiger partial charge in [0.2, 0.25) is 10.0 Å². The molecule has 47 heavy (non-hydrogen) atoms. The molecule has 10 nitrogen and oxygen atoms in total. The van der Waals surface area contributed by atoms with Crippen molar-refractivity contribution in [2.24, 2.45) is 17.8 Å². The highest BCUT2D eigenvalue weighted by atomic mass is 35.5. The summed E-state index contributed by atoms with van der Waals surface area (Å²) in [7, 11) is -3.96. The first-order valence-corrected chi connectivity index (χ1v) is 18.8. The molecule has 1 saturated carbocycles. The molecule has 252 valence electrons. The van der Waals surface area contributed by atoms with Crippen LogP contribution >= 0.6 is 11.6 Å². The van der Waals surface area contributed by atoms with Crippen molar-refractivity contribution in [3.8, 4) is 5.75 Å². The van der Waals surface area contributed by atoms with Crippen LogP contribution in [0.25, 0.3) is 0 Å². The van der Waals surface area contributed by atoms with E-state index in [1.807, 2.05) is 13.0 Å². The fourth-order valence-corrected chi connectivity index (χ4v) is 10.1. The second kappa shape index (κ2) is 12.4. The van der Waals surface area contributed by atoms with E-state index >= 15 is 0 Å². The molecular formula is C35H44ClN5O5S. The Morgan fingerprint density at radius 3 is 2.72 bits per heavy atom. The molecule has 2 aliphatic heterocycles. The molecule has 2 N–H and O–H groups in total. The summed E-state index contributed by atoms with van der Waals surface area (Å²) in [5.41, 5.74) is 2.19. The maximum Gasteiger partial charge on any atom is 0.264 e. The van der Waals surface area contributed by atoms with Crippen LogP contribution in [0.3, 0.4) is 0 Å². The van der Waals surface area contributed by atoms with Crippen LogP contribution in [-0.4, -0.2) is 65.0 Å². The Morgan fingerprint density at radius 1 is 1.11 bits per heavy atom. The van der Waals surface area contributed by atoms with Crippen molar-refractivity contribution < 1.29 is 23.1 Å². The largest absolute Gasteiger partial charge is 0.490 e. The summed E-state index contributed by atoms with van der Waals surface area (Å²) in [5, 5.41) is 20.5. The zero-order valence-electron chi connectivity index (χ0n) is 27.1. The van der Waals surface area contributed by atoms with Crippen LogP contribution in [0.2, 0.25) is 5.02 Å². The van der Waals surface area contributed by atoms with Gasteiger partial charge >= 0.3 is 0 Å². The van der Waals surface area contributed by atoms with E-state index in [4.69, 9.17) is 16.3 Å². The van der Waals surface area contributed by atoms with Gasteiger partial charge in [-0.3, -0.25) is 4.79 Å². The molecule has 3 aromatic rings. The number of nitrogens with zero attached hydrogens (tertiary/aromatic N) is 4. The molecular weight excluding hydrogens is 638 g/mol. The number of rotatable bonds is 2. The molecule has 2 aliphatic carbocycles. The lowest BCUT2D eigenvalue weighted by Gasteiger charge is -2.50. The average Bonchev–Trinajstić information content (AvgIpc) is 3.47. The summed E-state index contributed by atoms with van der Waals surface area (Å²) in [6.45, 7) is 5.68. The summed E-state index contributed by atoms with van der Waals surface area (Å²) in [4.78, 5) is 15.8. The molecule has 12 heteroatoms. The predicted molar refractivity (Wildman–Crippen MR) is 180 cm³/mol. The molecule has 3 heterocycles. The van der Waals surface area contributed by atoms with Crippen LogP contribution < -0.4 is 14.4 Å². The number of aliphatic hydroxyl groups is 1. The summed E-state index contributed by atoms with van der Waals surface area (Å²) in [6.07, 6.45) is 9.94. The van der Waals surface area contributed by atoms with Crippen molar-refractivity contribution in [1.29, 1.82) is 0 Å². The van der Waals surface area contributed by atoms with E-state index in [1.165, 1.54) is 11.1 Å². The van der Waals surface area contributed by atoms with E-state index in [0.717, 1.165) is 42.8 Å². The number of hydrogen-bond acceptors (Lipinski definition) is 8. The molecule has 0 radical (unpaired) electrons. The minimum atomic E-state index is -3.96. The van der Waals surface area contributed by atoms with Crippen molar-refractivity contribution in [3.05, 3.63) is 70.5 Å². The number of sulfonamides is 1. The molecule has 1 spiro atoms. The van der Waals surface area contributed by atoms with Gasteiger partial charge in [0.15, 0.2) is 0 Å².